The van der Waals surface area contributed by atoms with Crippen molar-refractivity contribution in [2.45, 2.75) is 17.7 Å². The Kier molecular flexibility index (Phi) is 5.48. The van der Waals surface area contributed by atoms with Gasteiger partial charge in [-0.05, 0) is 46.8 Å². The third-order valence-electron chi connectivity index (χ3n) is 3.48. The third-order valence-corrected chi connectivity index (χ3v) is 5.61. The Morgan fingerprint density at radius 2 is 2.10 bits per heavy atom. The molecule has 0 atom stereocenters. The molecular weight excluding hydrogens is 360 g/mol. The molecule has 118 valence electrons. The lowest BCUT2D eigenvalue weighted by Gasteiger charge is -2.22. The van der Waals surface area contributed by atoms with Crippen molar-refractivity contribution in [3.8, 4) is 5.75 Å². The largest absolute Gasteiger partial charge is 0.495 e. The lowest BCUT2D eigenvalue weighted by Crippen LogP contribution is -2.32. The highest BCUT2D eigenvalue weighted by atomic mass is 79.9. The monoisotopic (exact) mass is 378 g/mol. The van der Waals surface area contributed by atoms with Crippen LogP contribution >= 0.6 is 15.9 Å². The van der Waals surface area contributed by atoms with Gasteiger partial charge in [0.15, 0.2) is 0 Å². The summed E-state index contributed by atoms with van der Waals surface area (Å²) in [6.07, 6.45) is 1.73. The predicted octanol–water partition coefficient (Wildman–Crippen LogP) is 1.74. The maximum atomic E-state index is 12.4. The van der Waals surface area contributed by atoms with Crippen molar-refractivity contribution < 1.29 is 17.9 Å². The van der Waals surface area contributed by atoms with Gasteiger partial charge in [-0.15, -0.1) is 0 Å². The molecule has 1 aromatic rings. The highest BCUT2D eigenvalue weighted by molar-refractivity contribution is 9.10. The van der Waals surface area contributed by atoms with Gasteiger partial charge in [-0.25, -0.2) is 13.1 Å². The Morgan fingerprint density at radius 1 is 1.43 bits per heavy atom. The van der Waals surface area contributed by atoms with Gasteiger partial charge in [-0.1, -0.05) is 0 Å². The Hall–Kier alpha value is -0.830. The fourth-order valence-corrected chi connectivity index (χ4v) is 3.80. The van der Waals surface area contributed by atoms with E-state index in [2.05, 4.69) is 20.7 Å². The average molecular weight is 379 g/mol. The van der Waals surface area contributed by atoms with Gasteiger partial charge in [0.1, 0.15) is 10.6 Å². The van der Waals surface area contributed by atoms with Crippen LogP contribution in [0.25, 0.3) is 0 Å². The molecule has 8 heteroatoms. The van der Waals surface area contributed by atoms with E-state index in [1.807, 2.05) is 0 Å². The number of halogens is 1. The number of nitrogen functional groups attached to an aromatic ring is 1. The fraction of sp³-hybridized carbons (Fsp3) is 0.538. The molecule has 1 heterocycles. The van der Waals surface area contributed by atoms with Crippen molar-refractivity contribution in [2.75, 3.05) is 32.6 Å². The Bertz CT molecular complexity index is 600. The van der Waals surface area contributed by atoms with Crippen LogP contribution in [-0.2, 0) is 14.8 Å². The predicted molar refractivity (Wildman–Crippen MR) is 83.8 cm³/mol. The highest BCUT2D eigenvalue weighted by Crippen LogP contribution is 2.32. The second kappa shape index (κ2) is 6.95. The van der Waals surface area contributed by atoms with Crippen molar-refractivity contribution >= 4 is 31.6 Å². The summed E-state index contributed by atoms with van der Waals surface area (Å²) >= 11 is 3.26. The number of hydrogen-bond acceptors (Lipinski definition) is 5. The van der Waals surface area contributed by atoms with Crippen LogP contribution in [-0.4, -0.2) is 35.3 Å². The van der Waals surface area contributed by atoms with Gasteiger partial charge in [0.2, 0.25) is 10.0 Å². The standard InChI is InChI=1S/C13H19BrN2O4S/c1-19-12-6-10(14)11(15)7-13(12)21(17,18)16-8-9-2-4-20-5-3-9/h6-7,9,16H,2-5,8,15H2,1H3. The van der Waals surface area contributed by atoms with E-state index in [0.29, 0.717) is 35.8 Å². The first kappa shape index (κ1) is 16.5. The summed E-state index contributed by atoms with van der Waals surface area (Å²) in [6.45, 7) is 1.76. The van der Waals surface area contributed by atoms with Gasteiger partial charge in [0, 0.05) is 29.9 Å². The first-order valence-electron chi connectivity index (χ1n) is 6.64. The number of nitrogens with two attached hydrogens (primary N) is 1. The average Bonchev–Trinajstić information content (AvgIpc) is 2.48. The summed E-state index contributed by atoms with van der Waals surface area (Å²) in [5.74, 6) is 0.558. The minimum atomic E-state index is -3.66. The normalized spacial score (nSPS) is 16.9. The molecule has 1 aliphatic heterocycles. The Labute approximate surface area is 133 Å². The fourth-order valence-electron chi connectivity index (χ4n) is 2.18. The van der Waals surface area contributed by atoms with Crippen LogP contribution in [0.4, 0.5) is 5.69 Å². The maximum absolute atomic E-state index is 12.4. The molecule has 1 aromatic carbocycles. The number of anilines is 1. The zero-order valence-corrected chi connectivity index (χ0v) is 14.2. The molecule has 0 aliphatic carbocycles. The third kappa shape index (κ3) is 4.09. The molecule has 0 bridgehead atoms. The van der Waals surface area contributed by atoms with E-state index in [1.165, 1.54) is 13.2 Å². The topological polar surface area (TPSA) is 90.7 Å². The van der Waals surface area contributed by atoms with Crippen molar-refractivity contribution in [3.05, 3.63) is 16.6 Å². The zero-order chi connectivity index (χ0) is 15.5. The van der Waals surface area contributed by atoms with Gasteiger partial charge < -0.3 is 15.2 Å². The van der Waals surface area contributed by atoms with Crippen LogP contribution in [0.1, 0.15) is 12.8 Å². The van der Waals surface area contributed by atoms with Crippen molar-refractivity contribution in [2.24, 2.45) is 5.92 Å². The van der Waals surface area contributed by atoms with Gasteiger partial charge in [0.25, 0.3) is 0 Å². The molecule has 2 rings (SSSR count). The second-order valence-corrected chi connectivity index (χ2v) is 7.52. The van der Waals surface area contributed by atoms with Crippen molar-refractivity contribution in [1.82, 2.24) is 4.72 Å². The SMILES string of the molecule is COc1cc(Br)c(N)cc1S(=O)(=O)NCC1CCOCC1. The number of ether oxygens (including phenoxy) is 2. The van der Waals surface area contributed by atoms with E-state index < -0.39 is 10.0 Å². The van der Waals surface area contributed by atoms with E-state index >= 15 is 0 Å². The minimum absolute atomic E-state index is 0.0535. The molecule has 1 fully saturated rings. The van der Waals surface area contributed by atoms with E-state index in [-0.39, 0.29) is 10.6 Å². The van der Waals surface area contributed by atoms with Gasteiger partial charge in [0.05, 0.1) is 7.11 Å². The van der Waals surface area contributed by atoms with Crippen LogP contribution < -0.4 is 15.2 Å². The Balaban J connectivity index is 2.16. The summed E-state index contributed by atoms with van der Waals surface area (Å²) in [6, 6.07) is 2.95. The zero-order valence-electron chi connectivity index (χ0n) is 11.8. The Morgan fingerprint density at radius 3 is 2.71 bits per heavy atom. The number of nitrogens with one attached hydrogen (secondary N) is 1. The number of methoxy groups -OCH3 is 1. The summed E-state index contributed by atoms with van der Waals surface area (Å²) in [7, 11) is -2.23. The molecule has 21 heavy (non-hydrogen) atoms. The van der Waals surface area contributed by atoms with E-state index in [1.54, 1.807) is 6.07 Å². The molecule has 0 aromatic heterocycles. The number of rotatable bonds is 5. The molecule has 0 radical (unpaired) electrons. The van der Waals surface area contributed by atoms with Gasteiger partial charge in [-0.3, -0.25) is 0 Å². The minimum Gasteiger partial charge on any atom is -0.495 e. The van der Waals surface area contributed by atoms with E-state index in [4.69, 9.17) is 15.2 Å². The molecule has 1 aliphatic rings. The van der Waals surface area contributed by atoms with Crippen LogP contribution in [0.2, 0.25) is 0 Å². The molecule has 3 N–H and O–H groups in total. The highest BCUT2D eigenvalue weighted by Gasteiger charge is 2.23. The summed E-state index contributed by atoms with van der Waals surface area (Å²) < 4.78 is 38.5. The van der Waals surface area contributed by atoms with Crippen LogP contribution in [0, 0.1) is 5.92 Å². The molecule has 0 spiro atoms. The van der Waals surface area contributed by atoms with E-state index in [0.717, 1.165) is 12.8 Å². The molecule has 0 amide bonds. The molecule has 0 unspecified atom stereocenters. The lowest BCUT2D eigenvalue weighted by atomic mass is 10.0. The smallest absolute Gasteiger partial charge is 0.244 e. The summed E-state index contributed by atoms with van der Waals surface area (Å²) in [5, 5.41) is 0. The van der Waals surface area contributed by atoms with Crippen molar-refractivity contribution in [3.63, 3.8) is 0 Å². The molecule has 0 saturated carbocycles. The quantitative estimate of drug-likeness (QED) is 0.761. The summed E-state index contributed by atoms with van der Waals surface area (Å²) in [5.41, 5.74) is 6.12. The molecule has 1 saturated heterocycles. The van der Waals surface area contributed by atoms with Gasteiger partial charge >= 0.3 is 0 Å². The first-order chi connectivity index (χ1) is 9.94. The summed E-state index contributed by atoms with van der Waals surface area (Å²) in [4.78, 5) is 0.0535. The molecular formula is C13H19BrN2O4S. The number of hydrogen-bond donors (Lipinski definition) is 2. The second-order valence-electron chi connectivity index (χ2n) is 4.93. The van der Waals surface area contributed by atoms with Crippen LogP contribution in [0.3, 0.4) is 0 Å². The first-order valence-corrected chi connectivity index (χ1v) is 8.92. The maximum Gasteiger partial charge on any atom is 0.244 e. The molecule has 6 nitrogen and oxygen atoms in total. The van der Waals surface area contributed by atoms with E-state index in [9.17, 15) is 8.42 Å². The van der Waals surface area contributed by atoms with Crippen LogP contribution in [0.15, 0.2) is 21.5 Å². The lowest BCUT2D eigenvalue weighted by molar-refractivity contribution is 0.0678. The van der Waals surface area contributed by atoms with Crippen molar-refractivity contribution in [1.29, 1.82) is 0 Å². The van der Waals surface area contributed by atoms with Crippen LogP contribution in [0.5, 0.6) is 5.75 Å². The van der Waals surface area contributed by atoms with Gasteiger partial charge in [-0.2, -0.15) is 0 Å². The number of sulfonamides is 1. The number of benzene rings is 1.